The number of benzene rings is 1. The lowest BCUT2D eigenvalue weighted by molar-refractivity contribution is -0.0433. The van der Waals surface area contributed by atoms with E-state index in [0.29, 0.717) is 35.9 Å². The lowest BCUT2D eigenvalue weighted by Crippen LogP contribution is -2.65. The van der Waals surface area contributed by atoms with Crippen LogP contribution in [-0.4, -0.2) is 64.5 Å². The maximum absolute atomic E-state index is 15.6. The maximum atomic E-state index is 15.6. The number of fused-ring (bicyclic) bond motifs is 4. The number of nitrogens with zero attached hydrogens (tertiary/aromatic N) is 6. The molecule has 0 bridgehead atoms. The molecule has 1 fully saturated rings. The van der Waals surface area contributed by atoms with Crippen molar-refractivity contribution in [3.63, 3.8) is 0 Å². The van der Waals surface area contributed by atoms with Crippen LogP contribution in [0, 0.1) is 28.9 Å². The van der Waals surface area contributed by atoms with Gasteiger partial charge in [-0.25, -0.2) is 8.78 Å². The summed E-state index contributed by atoms with van der Waals surface area (Å²) in [6.45, 7) is 4.72. The molecular weight excluding hydrogens is 472 g/mol. The zero-order chi connectivity index (χ0) is 24.2. The molecule has 1 spiro atoms. The minimum atomic E-state index is -0.946. The molecular formula is C24H21F2N7OS. The van der Waals surface area contributed by atoms with E-state index in [0.717, 1.165) is 4.88 Å². The summed E-state index contributed by atoms with van der Waals surface area (Å²) in [4.78, 5) is 12.2. The molecule has 1 N–H and O–H groups in total. The normalized spacial score (nSPS) is 24.1. The predicted octanol–water partition coefficient (Wildman–Crippen LogP) is 3.24. The number of anilines is 1. The highest BCUT2D eigenvalue weighted by molar-refractivity contribution is 7.15. The van der Waals surface area contributed by atoms with E-state index in [1.54, 1.807) is 12.1 Å². The number of nitrogens with one attached hydrogen (secondary N) is 1. The molecule has 11 heteroatoms. The van der Waals surface area contributed by atoms with Crippen LogP contribution in [0.5, 0.6) is 0 Å². The number of aromatic nitrogens is 4. The Bertz CT molecular complexity index is 1390. The largest absolute Gasteiger partial charge is 0.372 e. The van der Waals surface area contributed by atoms with Gasteiger partial charge in [-0.15, -0.1) is 21.5 Å². The number of hydrogen-bond acceptors (Lipinski definition) is 8. The number of thiophene rings is 1. The molecule has 0 radical (unpaired) electrons. The van der Waals surface area contributed by atoms with Crippen LogP contribution in [0.25, 0.3) is 10.7 Å². The lowest BCUT2D eigenvalue weighted by Gasteiger charge is -2.54. The molecule has 0 unspecified atom stereocenters. The first-order valence-electron chi connectivity index (χ1n) is 11.3. The molecule has 6 rings (SSSR count). The van der Waals surface area contributed by atoms with E-state index in [1.165, 1.54) is 11.3 Å². The highest BCUT2D eigenvalue weighted by atomic mass is 32.1. The van der Waals surface area contributed by atoms with Gasteiger partial charge in [0.15, 0.2) is 11.6 Å². The number of halogens is 2. The van der Waals surface area contributed by atoms with E-state index in [-0.39, 0.29) is 29.5 Å². The predicted molar refractivity (Wildman–Crippen MR) is 129 cm³/mol. The molecule has 3 atom stereocenters. The standard InChI is InChI=1S/C24H21F2N7OS/c1-13-9-33-21-16(8-24(10-27-12-28-11-24)22(33)14(2)34-13)7-15(19(25)20(21)26)3-4-17-5-6-18(35-17)23-29-31-32-30-23/h5-7,10-11,13-14,22H,8-9,12H2,1-2H3,(H,29,30,31,32)/t13-,14+,22-/m1/s1. The molecule has 0 saturated carbocycles. The molecule has 0 amide bonds. The van der Waals surface area contributed by atoms with Crippen molar-refractivity contribution in [3.05, 3.63) is 45.8 Å². The molecule has 2 aromatic heterocycles. The summed E-state index contributed by atoms with van der Waals surface area (Å²) in [6.07, 6.45) is 3.89. The third-order valence-electron chi connectivity index (χ3n) is 6.59. The zero-order valence-electron chi connectivity index (χ0n) is 19.0. The summed E-state index contributed by atoms with van der Waals surface area (Å²) >= 11 is 1.35. The van der Waals surface area contributed by atoms with Gasteiger partial charge in [-0.1, -0.05) is 11.8 Å². The highest BCUT2D eigenvalue weighted by Crippen LogP contribution is 2.46. The monoisotopic (exact) mass is 493 g/mol. The number of rotatable bonds is 1. The van der Waals surface area contributed by atoms with Crippen LogP contribution in [0.2, 0.25) is 0 Å². The maximum Gasteiger partial charge on any atom is 0.214 e. The third-order valence-corrected chi connectivity index (χ3v) is 7.59. The minimum absolute atomic E-state index is 0.0170. The fraction of sp³-hybridized carbons (Fsp3) is 0.375. The molecule has 3 aliphatic rings. The lowest BCUT2D eigenvalue weighted by atomic mass is 9.69. The smallest absolute Gasteiger partial charge is 0.214 e. The van der Waals surface area contributed by atoms with Crippen molar-refractivity contribution in [3.8, 4) is 22.5 Å². The molecule has 178 valence electrons. The average Bonchev–Trinajstić information content (AvgIpc) is 3.52. The van der Waals surface area contributed by atoms with Gasteiger partial charge in [0.05, 0.1) is 44.7 Å². The van der Waals surface area contributed by atoms with Crippen molar-refractivity contribution in [1.29, 1.82) is 0 Å². The van der Waals surface area contributed by atoms with Crippen LogP contribution in [-0.2, 0) is 11.2 Å². The van der Waals surface area contributed by atoms with E-state index >= 15 is 8.78 Å². The van der Waals surface area contributed by atoms with E-state index < -0.39 is 17.0 Å². The molecule has 8 nitrogen and oxygen atoms in total. The Morgan fingerprint density at radius 2 is 2.00 bits per heavy atom. The van der Waals surface area contributed by atoms with Gasteiger partial charge in [0, 0.05) is 19.0 Å². The van der Waals surface area contributed by atoms with Crippen molar-refractivity contribution in [2.75, 3.05) is 18.1 Å². The van der Waals surface area contributed by atoms with Crippen LogP contribution in [0.1, 0.15) is 29.9 Å². The van der Waals surface area contributed by atoms with Crippen LogP contribution >= 0.6 is 11.3 Å². The van der Waals surface area contributed by atoms with Crippen molar-refractivity contribution < 1.29 is 13.5 Å². The number of morpholine rings is 1. The summed E-state index contributed by atoms with van der Waals surface area (Å²) in [5.41, 5.74) is 0.425. The molecule has 1 aromatic carbocycles. The Morgan fingerprint density at radius 1 is 1.17 bits per heavy atom. The van der Waals surface area contributed by atoms with Gasteiger partial charge < -0.3 is 9.64 Å². The van der Waals surface area contributed by atoms with Crippen LogP contribution in [0.4, 0.5) is 14.5 Å². The van der Waals surface area contributed by atoms with Gasteiger partial charge in [0.2, 0.25) is 5.82 Å². The van der Waals surface area contributed by atoms with Crippen LogP contribution in [0.3, 0.4) is 0 Å². The number of tetrazole rings is 1. The van der Waals surface area contributed by atoms with E-state index in [4.69, 9.17) is 4.74 Å². The summed E-state index contributed by atoms with van der Waals surface area (Å²) in [6, 6.07) is 5.03. The Morgan fingerprint density at radius 3 is 2.77 bits per heavy atom. The first kappa shape index (κ1) is 22.0. The van der Waals surface area contributed by atoms with Crippen LogP contribution in [0.15, 0.2) is 28.2 Å². The van der Waals surface area contributed by atoms with Crippen molar-refractivity contribution in [2.45, 2.75) is 38.5 Å². The van der Waals surface area contributed by atoms with Gasteiger partial charge in [-0.3, -0.25) is 9.98 Å². The van der Waals surface area contributed by atoms with Gasteiger partial charge >= 0.3 is 0 Å². The van der Waals surface area contributed by atoms with Gasteiger partial charge in [0.1, 0.15) is 6.67 Å². The summed E-state index contributed by atoms with van der Waals surface area (Å²) in [7, 11) is 0. The number of aliphatic imine (C=N–C) groups is 2. The number of hydrogen-bond donors (Lipinski definition) is 1. The Balaban J connectivity index is 1.42. The second kappa shape index (κ2) is 8.32. The SMILES string of the molecule is C[C@@H]1CN2c3c(cc(C#Cc4ccc(-c5nn[nH]n5)s4)c(F)c3F)CC3(C=NCN=C3)[C@H]2[C@H](C)O1. The number of ether oxygens (including phenoxy) is 1. The van der Waals surface area contributed by atoms with Crippen molar-refractivity contribution >= 4 is 29.5 Å². The van der Waals surface area contributed by atoms with Crippen molar-refractivity contribution in [2.24, 2.45) is 15.4 Å². The van der Waals surface area contributed by atoms with E-state index in [1.807, 2.05) is 37.2 Å². The first-order chi connectivity index (χ1) is 16.9. The summed E-state index contributed by atoms with van der Waals surface area (Å²) in [5, 5.41) is 13.9. The topological polar surface area (TPSA) is 91.7 Å². The highest BCUT2D eigenvalue weighted by Gasteiger charge is 2.52. The van der Waals surface area contributed by atoms with Gasteiger partial charge in [-0.2, -0.15) is 5.21 Å². The van der Waals surface area contributed by atoms with Gasteiger partial charge in [0.25, 0.3) is 0 Å². The summed E-state index contributed by atoms with van der Waals surface area (Å²) in [5.74, 6) is 4.41. The molecule has 3 aliphatic heterocycles. The molecule has 35 heavy (non-hydrogen) atoms. The second-order valence-corrected chi connectivity index (χ2v) is 10.1. The van der Waals surface area contributed by atoms with Crippen molar-refractivity contribution in [1.82, 2.24) is 20.6 Å². The van der Waals surface area contributed by atoms with E-state index in [9.17, 15) is 0 Å². The van der Waals surface area contributed by atoms with E-state index in [2.05, 4.69) is 42.4 Å². The van der Waals surface area contributed by atoms with Gasteiger partial charge in [-0.05, 0) is 49.2 Å². The Kier molecular flexibility index (Phi) is 5.23. The average molecular weight is 494 g/mol. The molecule has 1 saturated heterocycles. The fourth-order valence-corrected chi connectivity index (χ4v) is 6.18. The Labute approximate surface area is 204 Å². The van der Waals surface area contributed by atoms with Crippen LogP contribution < -0.4 is 4.90 Å². The minimum Gasteiger partial charge on any atom is -0.372 e. The summed E-state index contributed by atoms with van der Waals surface area (Å²) < 4.78 is 37.0. The molecule has 3 aromatic rings. The quantitative estimate of drug-likeness (QED) is 0.526. The fourth-order valence-electron chi connectivity index (χ4n) is 5.39. The molecule has 5 heterocycles. The second-order valence-electron chi connectivity index (χ2n) is 9.01. The molecule has 0 aliphatic carbocycles. The Hall–Kier alpha value is -3.49. The third kappa shape index (κ3) is 3.64. The first-order valence-corrected chi connectivity index (χ1v) is 12.1. The number of H-pyrrole nitrogens is 1. The zero-order valence-corrected chi connectivity index (χ0v) is 19.8. The number of aromatic amines is 1.